The van der Waals surface area contributed by atoms with Gasteiger partial charge in [-0.15, -0.1) is 0 Å². The highest BCUT2D eigenvalue weighted by Gasteiger charge is 2.32. The predicted octanol–water partition coefficient (Wildman–Crippen LogP) is 2.50. The van der Waals surface area contributed by atoms with Crippen LogP contribution in [0, 0.1) is 18.7 Å². The number of hydrogen-bond acceptors (Lipinski definition) is 3. The molecule has 1 atom stereocenters. The van der Waals surface area contributed by atoms with Crippen LogP contribution < -0.4 is 0 Å². The van der Waals surface area contributed by atoms with Crippen LogP contribution >= 0.6 is 0 Å². The van der Waals surface area contributed by atoms with E-state index in [2.05, 4.69) is 10.2 Å². The van der Waals surface area contributed by atoms with E-state index in [-0.39, 0.29) is 10.8 Å². The predicted molar refractivity (Wildman–Crippen MR) is 84.9 cm³/mol. The van der Waals surface area contributed by atoms with E-state index in [1.165, 1.54) is 22.5 Å². The van der Waals surface area contributed by atoms with Gasteiger partial charge in [-0.25, -0.2) is 12.8 Å². The van der Waals surface area contributed by atoms with Gasteiger partial charge in [-0.05, 0) is 49.8 Å². The van der Waals surface area contributed by atoms with Crippen LogP contribution in [0.5, 0.6) is 0 Å². The van der Waals surface area contributed by atoms with Crippen LogP contribution in [0.4, 0.5) is 4.39 Å². The number of aromatic nitrogens is 2. The average Bonchev–Trinajstić information content (AvgIpc) is 2.93. The molecule has 0 radical (unpaired) electrons. The third kappa shape index (κ3) is 3.30. The Kier molecular flexibility index (Phi) is 4.50. The lowest BCUT2D eigenvalue weighted by molar-refractivity contribution is 0.263. The summed E-state index contributed by atoms with van der Waals surface area (Å²) in [5.74, 6) is -0.483. The molecule has 5 nitrogen and oxygen atoms in total. The molecule has 1 aliphatic rings. The molecule has 0 saturated carbocycles. The Morgan fingerprint density at radius 1 is 1.39 bits per heavy atom. The molecule has 124 valence electrons. The van der Waals surface area contributed by atoms with Crippen LogP contribution in [0.2, 0.25) is 0 Å². The second-order valence-electron chi connectivity index (χ2n) is 6.04. The number of sulfonamides is 1. The molecule has 1 aromatic heterocycles. The lowest BCUT2D eigenvalue weighted by Gasteiger charge is -2.32. The maximum Gasteiger partial charge on any atom is 0.245 e. The van der Waals surface area contributed by atoms with Crippen molar-refractivity contribution in [2.24, 2.45) is 5.92 Å². The number of halogens is 1. The van der Waals surface area contributed by atoms with Crippen LogP contribution in [0.15, 0.2) is 35.4 Å². The minimum absolute atomic E-state index is 0.212. The van der Waals surface area contributed by atoms with Gasteiger partial charge >= 0.3 is 0 Å². The maximum atomic E-state index is 13.9. The highest BCUT2D eigenvalue weighted by molar-refractivity contribution is 7.89. The number of aryl methyl sites for hydroxylation is 1. The Morgan fingerprint density at radius 2 is 2.17 bits per heavy atom. The smallest absolute Gasteiger partial charge is 0.245 e. The fourth-order valence-electron chi connectivity index (χ4n) is 3.07. The summed E-state index contributed by atoms with van der Waals surface area (Å²) in [7, 11) is -3.78. The summed E-state index contributed by atoms with van der Waals surface area (Å²) in [6.07, 6.45) is 4.27. The Labute approximate surface area is 135 Å². The monoisotopic (exact) mass is 337 g/mol. The quantitative estimate of drug-likeness (QED) is 0.932. The summed E-state index contributed by atoms with van der Waals surface area (Å²) >= 11 is 0. The summed E-state index contributed by atoms with van der Waals surface area (Å²) in [4.78, 5) is -0.238. The van der Waals surface area contributed by atoms with Crippen LogP contribution in [0.25, 0.3) is 0 Å². The first-order valence-corrected chi connectivity index (χ1v) is 9.16. The molecule has 0 bridgehead atoms. The van der Waals surface area contributed by atoms with Crippen molar-refractivity contribution in [1.29, 1.82) is 0 Å². The molecule has 1 unspecified atom stereocenters. The molecule has 3 rings (SSSR count). The Morgan fingerprint density at radius 3 is 2.87 bits per heavy atom. The van der Waals surface area contributed by atoms with E-state index in [0.717, 1.165) is 30.5 Å². The van der Waals surface area contributed by atoms with Crippen molar-refractivity contribution in [1.82, 2.24) is 14.5 Å². The van der Waals surface area contributed by atoms with Crippen molar-refractivity contribution in [3.63, 3.8) is 0 Å². The van der Waals surface area contributed by atoms with Gasteiger partial charge in [-0.1, -0.05) is 12.1 Å². The Bertz CT molecular complexity index is 788. The minimum atomic E-state index is -3.78. The molecule has 0 amide bonds. The van der Waals surface area contributed by atoms with Gasteiger partial charge in [0.25, 0.3) is 0 Å². The molecular weight excluding hydrogens is 317 g/mol. The van der Waals surface area contributed by atoms with Crippen LogP contribution in [0.1, 0.15) is 24.1 Å². The molecular formula is C16H20FN3O2S. The van der Waals surface area contributed by atoms with Gasteiger partial charge in [0.05, 0.1) is 6.20 Å². The van der Waals surface area contributed by atoms with E-state index < -0.39 is 15.8 Å². The van der Waals surface area contributed by atoms with Crippen LogP contribution in [-0.2, 0) is 16.4 Å². The van der Waals surface area contributed by atoms with E-state index >= 15 is 0 Å². The van der Waals surface area contributed by atoms with E-state index in [4.69, 9.17) is 0 Å². The van der Waals surface area contributed by atoms with Gasteiger partial charge in [-0.3, -0.25) is 5.10 Å². The second kappa shape index (κ2) is 6.41. The zero-order chi connectivity index (χ0) is 16.4. The molecule has 23 heavy (non-hydrogen) atoms. The fourth-order valence-corrected chi connectivity index (χ4v) is 4.69. The molecule has 2 aromatic rings. The first-order valence-electron chi connectivity index (χ1n) is 7.72. The SMILES string of the molecule is Cc1cn[nH]c1CC1CCCN(S(=O)(=O)c2ccccc2F)C1. The minimum Gasteiger partial charge on any atom is -0.282 e. The van der Waals surface area contributed by atoms with Gasteiger partial charge < -0.3 is 0 Å². The Balaban J connectivity index is 1.78. The lowest BCUT2D eigenvalue weighted by Crippen LogP contribution is -2.40. The summed E-state index contributed by atoms with van der Waals surface area (Å²) in [5.41, 5.74) is 2.12. The van der Waals surface area contributed by atoms with Crippen molar-refractivity contribution in [3.05, 3.63) is 47.5 Å². The van der Waals surface area contributed by atoms with Crippen molar-refractivity contribution < 1.29 is 12.8 Å². The number of rotatable bonds is 4. The first kappa shape index (κ1) is 16.1. The highest BCUT2D eigenvalue weighted by atomic mass is 32.2. The van der Waals surface area contributed by atoms with Gasteiger partial charge in [-0.2, -0.15) is 9.40 Å². The molecule has 1 aliphatic heterocycles. The molecule has 1 aromatic carbocycles. The largest absolute Gasteiger partial charge is 0.282 e. The van der Waals surface area contributed by atoms with Crippen molar-refractivity contribution in [2.45, 2.75) is 31.1 Å². The standard InChI is InChI=1S/C16H20FN3O2S/c1-12-10-18-19-15(12)9-13-5-4-8-20(11-13)23(21,22)16-7-3-2-6-14(16)17/h2-3,6-7,10,13H,4-5,8-9,11H2,1H3,(H,18,19). The zero-order valence-electron chi connectivity index (χ0n) is 13.0. The van der Waals surface area contributed by atoms with Crippen LogP contribution in [-0.4, -0.2) is 36.0 Å². The number of H-pyrrole nitrogens is 1. The summed E-state index contributed by atoms with van der Waals surface area (Å²) in [5, 5.41) is 6.98. The summed E-state index contributed by atoms with van der Waals surface area (Å²) in [6, 6.07) is 5.55. The molecule has 1 saturated heterocycles. The number of piperidine rings is 1. The fraction of sp³-hybridized carbons (Fsp3) is 0.438. The second-order valence-corrected chi connectivity index (χ2v) is 7.94. The number of hydrogen-bond donors (Lipinski definition) is 1. The van der Waals surface area contributed by atoms with E-state index in [1.54, 1.807) is 12.3 Å². The van der Waals surface area contributed by atoms with Crippen molar-refractivity contribution in [3.8, 4) is 0 Å². The molecule has 7 heteroatoms. The molecule has 2 heterocycles. The number of nitrogens with one attached hydrogen (secondary N) is 1. The summed E-state index contributed by atoms with van der Waals surface area (Å²) in [6.45, 7) is 2.83. The first-order chi connectivity index (χ1) is 11.0. The highest BCUT2D eigenvalue weighted by Crippen LogP contribution is 2.27. The third-order valence-corrected chi connectivity index (χ3v) is 6.26. The number of nitrogens with zero attached hydrogens (tertiary/aromatic N) is 2. The molecule has 0 aliphatic carbocycles. The normalized spacial score (nSPS) is 19.8. The van der Waals surface area contributed by atoms with Gasteiger partial charge in [0.15, 0.2) is 0 Å². The molecule has 1 fully saturated rings. The zero-order valence-corrected chi connectivity index (χ0v) is 13.8. The van der Waals surface area contributed by atoms with E-state index in [9.17, 15) is 12.8 Å². The lowest BCUT2D eigenvalue weighted by atomic mass is 9.94. The number of aromatic amines is 1. The van der Waals surface area contributed by atoms with Crippen LogP contribution in [0.3, 0.4) is 0 Å². The van der Waals surface area contributed by atoms with E-state index in [1.807, 2.05) is 6.92 Å². The third-order valence-electron chi connectivity index (χ3n) is 4.36. The molecule has 1 N–H and O–H groups in total. The summed E-state index contributed by atoms with van der Waals surface area (Å²) < 4.78 is 40.7. The topological polar surface area (TPSA) is 66.1 Å². The molecule has 0 spiro atoms. The Hall–Kier alpha value is -1.73. The van der Waals surface area contributed by atoms with Crippen molar-refractivity contribution >= 4 is 10.0 Å². The van der Waals surface area contributed by atoms with Gasteiger partial charge in [0.2, 0.25) is 10.0 Å². The van der Waals surface area contributed by atoms with E-state index in [0.29, 0.717) is 13.1 Å². The van der Waals surface area contributed by atoms with Crippen molar-refractivity contribution in [2.75, 3.05) is 13.1 Å². The number of benzene rings is 1. The average molecular weight is 337 g/mol. The van der Waals surface area contributed by atoms with Gasteiger partial charge in [0.1, 0.15) is 10.7 Å². The maximum absolute atomic E-state index is 13.9. The van der Waals surface area contributed by atoms with Gasteiger partial charge in [0, 0.05) is 18.8 Å².